The van der Waals surface area contributed by atoms with Crippen LogP contribution in [-0.2, 0) is 6.54 Å². The molecule has 96 valence electrons. The van der Waals surface area contributed by atoms with Crippen molar-refractivity contribution in [2.45, 2.75) is 19.9 Å². The molecule has 1 aliphatic heterocycles. The number of likely N-dealkylation sites (tertiary alicyclic amines) is 1. The summed E-state index contributed by atoms with van der Waals surface area (Å²) in [6.07, 6.45) is 1.27. The van der Waals surface area contributed by atoms with Crippen molar-refractivity contribution in [2.75, 3.05) is 20.1 Å². The first kappa shape index (κ1) is 11.9. The number of hydrogen-bond acceptors (Lipinski definition) is 2. The van der Waals surface area contributed by atoms with E-state index >= 15 is 0 Å². The minimum Gasteiger partial charge on any atom is -0.331 e. The highest BCUT2D eigenvalue weighted by molar-refractivity contribution is 7.71. The number of benzene rings is 1. The van der Waals surface area contributed by atoms with E-state index in [0.29, 0.717) is 0 Å². The Kier molecular flexibility index (Phi) is 2.99. The quantitative estimate of drug-likeness (QED) is 0.840. The van der Waals surface area contributed by atoms with Crippen LogP contribution >= 0.6 is 12.2 Å². The van der Waals surface area contributed by atoms with Gasteiger partial charge >= 0.3 is 0 Å². The molecule has 4 heteroatoms. The molecule has 1 aromatic heterocycles. The van der Waals surface area contributed by atoms with Crippen LogP contribution in [0.2, 0.25) is 0 Å². The molecule has 2 heterocycles. The average molecular weight is 261 g/mol. The molecule has 1 saturated heterocycles. The maximum absolute atomic E-state index is 5.45. The predicted molar refractivity (Wildman–Crippen MR) is 77.5 cm³/mol. The molecule has 2 aromatic rings. The highest BCUT2D eigenvalue weighted by atomic mass is 32.1. The monoisotopic (exact) mass is 261 g/mol. The Hall–Kier alpha value is -1.13. The van der Waals surface area contributed by atoms with Crippen LogP contribution in [0.25, 0.3) is 11.0 Å². The first-order chi connectivity index (χ1) is 8.63. The van der Waals surface area contributed by atoms with Crippen molar-refractivity contribution < 1.29 is 0 Å². The predicted octanol–water partition coefficient (Wildman–Crippen LogP) is 2.96. The number of fused-ring (bicyclic) bond motifs is 1. The maximum atomic E-state index is 5.45. The molecule has 0 saturated carbocycles. The van der Waals surface area contributed by atoms with Crippen molar-refractivity contribution in [3.8, 4) is 0 Å². The largest absolute Gasteiger partial charge is 0.331 e. The Balaban J connectivity index is 1.96. The molecule has 3 nitrogen and oxygen atoms in total. The van der Waals surface area contributed by atoms with Crippen molar-refractivity contribution in [2.24, 2.45) is 5.92 Å². The van der Waals surface area contributed by atoms with Gasteiger partial charge in [0.05, 0.1) is 11.0 Å². The zero-order valence-corrected chi connectivity index (χ0v) is 11.8. The van der Waals surface area contributed by atoms with Crippen LogP contribution in [0.1, 0.15) is 12.0 Å². The standard InChI is InChI=1S/C14H19N3S/c1-10-3-4-13-12(7-10)15-14(18)17(13)9-11-5-6-16(2)8-11/h3-4,7,11H,5-6,8-9H2,1-2H3,(H,15,18). The van der Waals surface area contributed by atoms with Gasteiger partial charge in [-0.1, -0.05) is 6.07 Å². The molecule has 1 aliphatic rings. The number of nitrogens with one attached hydrogen (secondary N) is 1. The Morgan fingerprint density at radius 3 is 3.00 bits per heavy atom. The van der Waals surface area contributed by atoms with Gasteiger partial charge in [-0.2, -0.15) is 0 Å². The lowest BCUT2D eigenvalue weighted by Gasteiger charge is -2.12. The molecule has 0 radical (unpaired) electrons. The number of nitrogens with zero attached hydrogens (tertiary/aromatic N) is 2. The lowest BCUT2D eigenvalue weighted by atomic mass is 10.1. The lowest BCUT2D eigenvalue weighted by molar-refractivity contribution is 0.379. The van der Waals surface area contributed by atoms with Gasteiger partial charge in [0.25, 0.3) is 0 Å². The second kappa shape index (κ2) is 4.52. The fraction of sp³-hybridized carbons (Fsp3) is 0.500. The topological polar surface area (TPSA) is 24.0 Å². The molecule has 18 heavy (non-hydrogen) atoms. The van der Waals surface area contributed by atoms with E-state index in [1.54, 1.807) is 0 Å². The Morgan fingerprint density at radius 1 is 1.44 bits per heavy atom. The zero-order valence-electron chi connectivity index (χ0n) is 10.9. The molecule has 0 amide bonds. The summed E-state index contributed by atoms with van der Waals surface area (Å²) >= 11 is 5.45. The highest BCUT2D eigenvalue weighted by Crippen LogP contribution is 2.21. The summed E-state index contributed by atoms with van der Waals surface area (Å²) in [6, 6.07) is 6.50. The van der Waals surface area contributed by atoms with Gasteiger partial charge in [0, 0.05) is 13.1 Å². The summed E-state index contributed by atoms with van der Waals surface area (Å²) in [7, 11) is 2.19. The minimum atomic E-state index is 0.724. The lowest BCUT2D eigenvalue weighted by Crippen LogP contribution is -2.17. The number of H-pyrrole nitrogens is 1. The van der Waals surface area contributed by atoms with Crippen LogP contribution in [0, 0.1) is 17.6 Å². The fourth-order valence-electron chi connectivity index (χ4n) is 2.89. The molecule has 0 bridgehead atoms. The van der Waals surface area contributed by atoms with Crippen LogP contribution in [0.15, 0.2) is 18.2 Å². The van der Waals surface area contributed by atoms with Crippen molar-refractivity contribution in [3.05, 3.63) is 28.5 Å². The zero-order chi connectivity index (χ0) is 12.7. The van der Waals surface area contributed by atoms with E-state index in [2.05, 4.69) is 46.6 Å². The van der Waals surface area contributed by atoms with E-state index in [0.717, 1.165) is 22.8 Å². The Labute approximate surface area is 112 Å². The van der Waals surface area contributed by atoms with Gasteiger partial charge in [-0.3, -0.25) is 0 Å². The smallest absolute Gasteiger partial charge is 0.178 e. The van der Waals surface area contributed by atoms with Crippen LogP contribution in [0.3, 0.4) is 0 Å². The number of hydrogen-bond donors (Lipinski definition) is 1. The van der Waals surface area contributed by atoms with E-state index in [4.69, 9.17) is 12.2 Å². The summed E-state index contributed by atoms with van der Waals surface area (Å²) in [5.74, 6) is 0.724. The summed E-state index contributed by atoms with van der Waals surface area (Å²) < 4.78 is 3.11. The second-order valence-corrected chi connectivity index (χ2v) is 5.87. The van der Waals surface area contributed by atoms with Gasteiger partial charge in [-0.15, -0.1) is 0 Å². The first-order valence-electron chi connectivity index (χ1n) is 6.51. The van der Waals surface area contributed by atoms with Gasteiger partial charge in [0.1, 0.15) is 0 Å². The molecule has 1 atom stereocenters. The molecule has 0 aliphatic carbocycles. The average Bonchev–Trinajstić information content (AvgIpc) is 2.84. The highest BCUT2D eigenvalue weighted by Gasteiger charge is 2.20. The Bertz CT molecular complexity index is 625. The number of aromatic nitrogens is 2. The van der Waals surface area contributed by atoms with E-state index in [-0.39, 0.29) is 0 Å². The Morgan fingerprint density at radius 2 is 2.28 bits per heavy atom. The van der Waals surface area contributed by atoms with E-state index in [9.17, 15) is 0 Å². The fourth-order valence-corrected chi connectivity index (χ4v) is 3.18. The normalized spacial score (nSPS) is 20.9. The van der Waals surface area contributed by atoms with Crippen molar-refractivity contribution in [3.63, 3.8) is 0 Å². The third-order valence-electron chi connectivity index (χ3n) is 3.86. The summed E-state index contributed by atoms with van der Waals surface area (Å²) in [6.45, 7) is 5.53. The molecule has 0 spiro atoms. The van der Waals surface area contributed by atoms with Crippen molar-refractivity contribution in [1.29, 1.82) is 0 Å². The van der Waals surface area contributed by atoms with Crippen LogP contribution < -0.4 is 0 Å². The number of imidazole rings is 1. The van der Waals surface area contributed by atoms with Crippen molar-refractivity contribution in [1.82, 2.24) is 14.5 Å². The minimum absolute atomic E-state index is 0.724. The maximum Gasteiger partial charge on any atom is 0.178 e. The molecular formula is C14H19N3S. The molecular weight excluding hydrogens is 242 g/mol. The van der Waals surface area contributed by atoms with E-state index in [1.807, 2.05) is 0 Å². The molecule has 1 aromatic carbocycles. The molecule has 3 rings (SSSR count). The number of aromatic amines is 1. The van der Waals surface area contributed by atoms with Crippen molar-refractivity contribution >= 4 is 23.3 Å². The van der Waals surface area contributed by atoms with Crippen LogP contribution in [0.4, 0.5) is 0 Å². The van der Waals surface area contributed by atoms with E-state index in [1.165, 1.54) is 30.6 Å². The number of rotatable bonds is 2. The number of aryl methyl sites for hydroxylation is 1. The van der Waals surface area contributed by atoms with Gasteiger partial charge < -0.3 is 14.5 Å². The third kappa shape index (κ3) is 2.10. The van der Waals surface area contributed by atoms with E-state index < -0.39 is 0 Å². The second-order valence-electron chi connectivity index (χ2n) is 5.48. The molecule has 1 N–H and O–H groups in total. The molecule has 1 fully saturated rings. The first-order valence-corrected chi connectivity index (χ1v) is 6.92. The van der Waals surface area contributed by atoms with Gasteiger partial charge in [0.2, 0.25) is 0 Å². The van der Waals surface area contributed by atoms with Crippen LogP contribution in [0.5, 0.6) is 0 Å². The SMILES string of the molecule is Cc1ccc2c(c1)[nH]c(=S)n2CC1CCN(C)C1. The molecule has 1 unspecified atom stereocenters. The summed E-state index contributed by atoms with van der Waals surface area (Å²) in [5.41, 5.74) is 3.66. The van der Waals surface area contributed by atoms with Gasteiger partial charge in [-0.05, 0) is 62.8 Å². The summed E-state index contributed by atoms with van der Waals surface area (Å²) in [5, 5.41) is 0. The van der Waals surface area contributed by atoms with Gasteiger partial charge in [-0.25, -0.2) is 0 Å². The van der Waals surface area contributed by atoms with Crippen LogP contribution in [-0.4, -0.2) is 34.6 Å². The third-order valence-corrected chi connectivity index (χ3v) is 4.18. The van der Waals surface area contributed by atoms with Gasteiger partial charge in [0.15, 0.2) is 4.77 Å². The summed E-state index contributed by atoms with van der Waals surface area (Å²) in [4.78, 5) is 5.71.